The van der Waals surface area contributed by atoms with Crippen LogP contribution in [-0.2, 0) is 4.74 Å². The lowest BCUT2D eigenvalue weighted by molar-refractivity contribution is 0.218. The third-order valence-corrected chi connectivity index (χ3v) is 3.78. The summed E-state index contributed by atoms with van der Waals surface area (Å²) in [4.78, 5) is 4.39. The van der Waals surface area contributed by atoms with Crippen molar-refractivity contribution >= 4 is 11.8 Å². The van der Waals surface area contributed by atoms with Gasteiger partial charge in [-0.3, -0.25) is 4.98 Å². The summed E-state index contributed by atoms with van der Waals surface area (Å²) in [6.45, 7) is 2.86. The van der Waals surface area contributed by atoms with Crippen LogP contribution in [0.3, 0.4) is 0 Å². The van der Waals surface area contributed by atoms with Crippen molar-refractivity contribution in [2.24, 2.45) is 5.73 Å². The van der Waals surface area contributed by atoms with Crippen molar-refractivity contribution in [2.45, 2.75) is 24.6 Å². The Morgan fingerprint density at radius 3 is 2.88 bits per heavy atom. The molecule has 0 saturated carbocycles. The number of hydrogen-bond acceptors (Lipinski definition) is 4. The molecule has 2 atom stereocenters. The van der Waals surface area contributed by atoms with E-state index in [0.29, 0.717) is 0 Å². The van der Waals surface area contributed by atoms with Crippen LogP contribution in [0.4, 0.5) is 0 Å². The molecule has 3 nitrogen and oxygen atoms in total. The van der Waals surface area contributed by atoms with E-state index in [1.807, 2.05) is 36.2 Å². The average Bonchev–Trinajstić information content (AvgIpc) is 2.35. The number of nitrogens with zero attached hydrogens (tertiary/aromatic N) is 1. The molecule has 16 heavy (non-hydrogen) atoms. The standard InChI is InChI=1S/C12H20N2OS/c1-3-10(13)12(16-9-8-15-2)11-6-4-5-7-14-11/h4-7,10,12H,3,8-9,13H2,1-2H3. The van der Waals surface area contributed by atoms with Gasteiger partial charge < -0.3 is 10.5 Å². The van der Waals surface area contributed by atoms with Gasteiger partial charge in [-0.05, 0) is 18.6 Å². The molecule has 0 aliphatic heterocycles. The molecule has 0 radical (unpaired) electrons. The molecule has 1 rings (SSSR count). The van der Waals surface area contributed by atoms with Gasteiger partial charge >= 0.3 is 0 Å². The molecular weight excluding hydrogens is 220 g/mol. The van der Waals surface area contributed by atoms with Crippen LogP contribution >= 0.6 is 11.8 Å². The lowest BCUT2D eigenvalue weighted by Crippen LogP contribution is -2.26. The van der Waals surface area contributed by atoms with Crippen molar-refractivity contribution in [1.82, 2.24) is 4.98 Å². The molecule has 1 aromatic heterocycles. The number of aromatic nitrogens is 1. The zero-order valence-corrected chi connectivity index (χ0v) is 10.7. The zero-order valence-electron chi connectivity index (χ0n) is 9.93. The second kappa shape index (κ2) is 7.65. The molecular formula is C12H20N2OS. The van der Waals surface area contributed by atoms with E-state index >= 15 is 0 Å². The van der Waals surface area contributed by atoms with Gasteiger partial charge in [0, 0.05) is 25.1 Å². The van der Waals surface area contributed by atoms with E-state index in [4.69, 9.17) is 10.5 Å². The summed E-state index contributed by atoms with van der Waals surface area (Å²) >= 11 is 1.82. The first-order chi connectivity index (χ1) is 7.79. The number of thioether (sulfide) groups is 1. The van der Waals surface area contributed by atoms with Gasteiger partial charge in [-0.2, -0.15) is 0 Å². The summed E-state index contributed by atoms with van der Waals surface area (Å²) in [5.41, 5.74) is 7.20. The van der Waals surface area contributed by atoms with Crippen molar-refractivity contribution in [2.75, 3.05) is 19.5 Å². The lowest BCUT2D eigenvalue weighted by Gasteiger charge is -2.21. The molecule has 1 heterocycles. The van der Waals surface area contributed by atoms with Gasteiger partial charge in [0.05, 0.1) is 17.6 Å². The predicted octanol–water partition coefficient (Wildman–Crippen LogP) is 2.24. The highest BCUT2D eigenvalue weighted by molar-refractivity contribution is 7.99. The summed E-state index contributed by atoms with van der Waals surface area (Å²) in [5, 5.41) is 0.265. The second-order valence-electron chi connectivity index (χ2n) is 3.61. The third kappa shape index (κ3) is 4.12. The Bertz CT molecular complexity index is 282. The quantitative estimate of drug-likeness (QED) is 0.743. The predicted molar refractivity (Wildman–Crippen MR) is 69.6 cm³/mol. The molecule has 0 aliphatic rings. The van der Waals surface area contributed by atoms with Crippen LogP contribution in [0.2, 0.25) is 0 Å². The average molecular weight is 240 g/mol. The van der Waals surface area contributed by atoms with E-state index in [9.17, 15) is 0 Å². The van der Waals surface area contributed by atoms with E-state index in [1.54, 1.807) is 7.11 Å². The van der Waals surface area contributed by atoms with E-state index < -0.39 is 0 Å². The van der Waals surface area contributed by atoms with Crippen LogP contribution in [0.25, 0.3) is 0 Å². The smallest absolute Gasteiger partial charge is 0.0621 e. The summed E-state index contributed by atoms with van der Waals surface area (Å²) in [6.07, 6.45) is 2.78. The van der Waals surface area contributed by atoms with Gasteiger partial charge in [-0.15, -0.1) is 11.8 Å². The van der Waals surface area contributed by atoms with Crippen molar-refractivity contribution in [3.8, 4) is 0 Å². The van der Waals surface area contributed by atoms with E-state index in [0.717, 1.165) is 24.5 Å². The minimum atomic E-state index is 0.150. The zero-order chi connectivity index (χ0) is 11.8. The Balaban J connectivity index is 2.64. The first kappa shape index (κ1) is 13.5. The molecule has 90 valence electrons. The fraction of sp³-hybridized carbons (Fsp3) is 0.583. The molecule has 0 aliphatic carbocycles. The van der Waals surface area contributed by atoms with Crippen molar-refractivity contribution in [3.63, 3.8) is 0 Å². The van der Waals surface area contributed by atoms with Gasteiger partial charge in [0.2, 0.25) is 0 Å². The number of methoxy groups -OCH3 is 1. The maximum absolute atomic E-state index is 6.13. The molecule has 0 saturated heterocycles. The van der Waals surface area contributed by atoms with Crippen LogP contribution in [0.1, 0.15) is 24.3 Å². The van der Waals surface area contributed by atoms with E-state index in [2.05, 4.69) is 11.9 Å². The fourth-order valence-corrected chi connectivity index (χ4v) is 2.71. The van der Waals surface area contributed by atoms with Gasteiger partial charge in [0.1, 0.15) is 0 Å². The Morgan fingerprint density at radius 2 is 2.31 bits per heavy atom. The highest BCUT2D eigenvalue weighted by atomic mass is 32.2. The Kier molecular flexibility index (Phi) is 6.45. The Hall–Kier alpha value is -0.580. The van der Waals surface area contributed by atoms with Crippen molar-refractivity contribution in [3.05, 3.63) is 30.1 Å². The number of nitrogens with two attached hydrogens (primary N) is 1. The highest BCUT2D eigenvalue weighted by Gasteiger charge is 2.19. The van der Waals surface area contributed by atoms with Crippen LogP contribution < -0.4 is 5.73 Å². The van der Waals surface area contributed by atoms with Crippen molar-refractivity contribution < 1.29 is 4.74 Å². The number of hydrogen-bond donors (Lipinski definition) is 1. The highest BCUT2D eigenvalue weighted by Crippen LogP contribution is 2.30. The van der Waals surface area contributed by atoms with E-state index in [1.165, 1.54) is 0 Å². The van der Waals surface area contributed by atoms with Gasteiger partial charge in [0.25, 0.3) is 0 Å². The molecule has 0 aromatic carbocycles. The van der Waals surface area contributed by atoms with E-state index in [-0.39, 0.29) is 11.3 Å². The minimum Gasteiger partial charge on any atom is -0.384 e. The summed E-state index contributed by atoms with van der Waals surface area (Å²) in [6, 6.07) is 6.13. The SMILES string of the molecule is CCC(N)C(SCCOC)c1ccccn1. The van der Waals surface area contributed by atoms with Crippen LogP contribution in [0, 0.1) is 0 Å². The molecule has 2 N–H and O–H groups in total. The summed E-state index contributed by atoms with van der Waals surface area (Å²) < 4.78 is 5.06. The molecule has 4 heteroatoms. The first-order valence-corrected chi connectivity index (χ1v) is 6.61. The largest absolute Gasteiger partial charge is 0.384 e. The molecule has 0 fully saturated rings. The van der Waals surface area contributed by atoms with Gasteiger partial charge in [0.15, 0.2) is 0 Å². The molecule has 1 aromatic rings. The molecule has 0 bridgehead atoms. The van der Waals surface area contributed by atoms with Gasteiger partial charge in [-0.25, -0.2) is 0 Å². The number of ether oxygens (including phenoxy) is 1. The second-order valence-corrected chi connectivity index (χ2v) is 4.86. The maximum Gasteiger partial charge on any atom is 0.0621 e. The molecule has 0 amide bonds. The molecule has 0 spiro atoms. The lowest BCUT2D eigenvalue weighted by atomic mass is 10.1. The summed E-state index contributed by atoms with van der Waals surface area (Å²) in [5.74, 6) is 0.950. The number of rotatable bonds is 7. The minimum absolute atomic E-state index is 0.150. The fourth-order valence-electron chi connectivity index (χ4n) is 1.45. The topological polar surface area (TPSA) is 48.1 Å². The monoisotopic (exact) mass is 240 g/mol. The van der Waals surface area contributed by atoms with Gasteiger partial charge in [-0.1, -0.05) is 13.0 Å². The van der Waals surface area contributed by atoms with Crippen LogP contribution in [0.5, 0.6) is 0 Å². The maximum atomic E-state index is 6.13. The normalized spacial score (nSPS) is 14.7. The number of pyridine rings is 1. The summed E-state index contributed by atoms with van der Waals surface area (Å²) in [7, 11) is 1.72. The molecule has 2 unspecified atom stereocenters. The van der Waals surface area contributed by atoms with Crippen LogP contribution in [-0.4, -0.2) is 30.5 Å². The third-order valence-electron chi connectivity index (χ3n) is 2.42. The van der Waals surface area contributed by atoms with Crippen LogP contribution in [0.15, 0.2) is 24.4 Å². The first-order valence-electron chi connectivity index (χ1n) is 5.56. The van der Waals surface area contributed by atoms with Crippen molar-refractivity contribution in [1.29, 1.82) is 0 Å². The Labute approximate surface area is 102 Å². The Morgan fingerprint density at radius 1 is 1.50 bits per heavy atom.